The maximum atomic E-state index is 12.1. The van der Waals surface area contributed by atoms with Crippen molar-refractivity contribution in [3.63, 3.8) is 0 Å². The van der Waals surface area contributed by atoms with E-state index in [2.05, 4.69) is 15.2 Å². The molecule has 0 atom stereocenters. The van der Waals surface area contributed by atoms with Gasteiger partial charge in [0.2, 0.25) is 0 Å². The Bertz CT molecular complexity index is 986. The van der Waals surface area contributed by atoms with E-state index < -0.39 is 14.9 Å². The van der Waals surface area contributed by atoms with Crippen molar-refractivity contribution in [1.29, 1.82) is 0 Å². The zero-order valence-electron chi connectivity index (χ0n) is 12.6. The Morgan fingerprint density at radius 3 is 2.36 bits per heavy atom. The lowest BCUT2D eigenvalue weighted by atomic mass is 10.1. The van der Waals surface area contributed by atoms with Crippen LogP contribution in [0.1, 0.15) is 0 Å². The first-order chi connectivity index (χ1) is 12.0. The average Bonchev–Trinajstić information content (AvgIpc) is 3.10. The second-order valence-electron chi connectivity index (χ2n) is 4.89. The lowest BCUT2D eigenvalue weighted by molar-refractivity contribution is -0.384. The Morgan fingerprint density at radius 1 is 1.04 bits per heavy atom. The summed E-state index contributed by atoms with van der Waals surface area (Å²) in [5, 5.41) is 12.7. The number of hydrogen-bond donors (Lipinski definition) is 2. The van der Waals surface area contributed by atoms with Crippen molar-refractivity contribution in [2.24, 2.45) is 0 Å². The highest BCUT2D eigenvalue weighted by molar-refractivity contribution is 7.89. The summed E-state index contributed by atoms with van der Waals surface area (Å²) in [4.78, 5) is 16.8. The van der Waals surface area contributed by atoms with Gasteiger partial charge < -0.3 is 0 Å². The topological polar surface area (TPSA) is 114 Å². The fourth-order valence-corrected chi connectivity index (χ4v) is 3.59. The van der Waals surface area contributed by atoms with Gasteiger partial charge in [0.25, 0.3) is 15.7 Å². The normalized spacial score (nSPS) is 11.2. The number of hydrazine groups is 1. The molecule has 3 rings (SSSR count). The fraction of sp³-hybridized carbons (Fsp3) is 0. The molecule has 0 aliphatic carbocycles. The molecule has 25 heavy (non-hydrogen) atoms. The number of rotatable bonds is 6. The first-order valence-corrected chi connectivity index (χ1v) is 9.35. The third kappa shape index (κ3) is 3.99. The summed E-state index contributed by atoms with van der Waals surface area (Å²) in [6.07, 6.45) is 0. The van der Waals surface area contributed by atoms with Crippen LogP contribution in [0.4, 0.5) is 10.8 Å². The second kappa shape index (κ2) is 6.97. The summed E-state index contributed by atoms with van der Waals surface area (Å²) in [5.41, 5.74) is 3.84. The number of hydrogen-bond acceptors (Lipinski definition) is 7. The lowest BCUT2D eigenvalue weighted by Crippen LogP contribution is -2.29. The predicted molar refractivity (Wildman–Crippen MR) is 94.6 cm³/mol. The molecule has 3 aromatic rings. The van der Waals surface area contributed by atoms with E-state index in [9.17, 15) is 18.5 Å². The van der Waals surface area contributed by atoms with Crippen molar-refractivity contribution in [2.45, 2.75) is 4.90 Å². The van der Waals surface area contributed by atoms with E-state index in [1.54, 1.807) is 35.7 Å². The molecule has 0 radical (unpaired) electrons. The summed E-state index contributed by atoms with van der Waals surface area (Å²) in [5.74, 6) is 0. The van der Waals surface area contributed by atoms with Gasteiger partial charge in [-0.25, -0.2) is 13.4 Å². The third-order valence-electron chi connectivity index (χ3n) is 3.22. The zero-order chi connectivity index (χ0) is 17.9. The molecule has 0 aliphatic rings. The number of anilines is 1. The quantitative estimate of drug-likeness (QED) is 0.505. The Balaban J connectivity index is 1.71. The maximum absolute atomic E-state index is 12.1. The first kappa shape index (κ1) is 17.0. The number of aromatic nitrogens is 1. The van der Waals surface area contributed by atoms with Crippen LogP contribution in [0.25, 0.3) is 11.3 Å². The van der Waals surface area contributed by atoms with Gasteiger partial charge in [0.1, 0.15) is 0 Å². The highest BCUT2D eigenvalue weighted by atomic mass is 32.2. The molecular formula is C15H12N4O4S2. The number of nitrogens with one attached hydrogen (secondary N) is 2. The highest BCUT2D eigenvalue weighted by Crippen LogP contribution is 2.26. The molecule has 0 saturated heterocycles. The molecule has 0 unspecified atom stereocenters. The van der Waals surface area contributed by atoms with Gasteiger partial charge in [0, 0.05) is 23.1 Å². The molecule has 10 heteroatoms. The van der Waals surface area contributed by atoms with Crippen LogP contribution in [0.5, 0.6) is 0 Å². The molecule has 0 saturated carbocycles. The van der Waals surface area contributed by atoms with E-state index in [0.29, 0.717) is 16.4 Å². The van der Waals surface area contributed by atoms with Crippen LogP contribution in [0.2, 0.25) is 0 Å². The summed E-state index contributed by atoms with van der Waals surface area (Å²) in [6.45, 7) is 0. The number of nitro groups is 1. The maximum Gasteiger partial charge on any atom is 0.269 e. The van der Waals surface area contributed by atoms with Gasteiger partial charge >= 0.3 is 0 Å². The van der Waals surface area contributed by atoms with Crippen molar-refractivity contribution in [3.05, 3.63) is 70.1 Å². The van der Waals surface area contributed by atoms with Gasteiger partial charge in [-0.05, 0) is 24.3 Å². The molecule has 2 aromatic carbocycles. The van der Waals surface area contributed by atoms with E-state index in [4.69, 9.17) is 0 Å². The number of benzene rings is 2. The second-order valence-corrected chi connectivity index (χ2v) is 7.43. The van der Waals surface area contributed by atoms with Gasteiger partial charge in [0.15, 0.2) is 5.13 Å². The third-order valence-corrected chi connectivity index (χ3v) is 5.25. The number of sulfonamides is 1. The molecule has 8 nitrogen and oxygen atoms in total. The zero-order valence-corrected chi connectivity index (χ0v) is 14.3. The largest absolute Gasteiger partial charge is 0.283 e. The van der Waals surface area contributed by atoms with Gasteiger partial charge in [-0.2, -0.15) is 0 Å². The van der Waals surface area contributed by atoms with Crippen molar-refractivity contribution < 1.29 is 13.3 Å². The minimum Gasteiger partial charge on any atom is -0.283 e. The predicted octanol–water partition coefficient (Wildman–Crippen LogP) is 3.02. The fourth-order valence-electron chi connectivity index (χ4n) is 1.99. The van der Waals surface area contributed by atoms with Gasteiger partial charge in [0.05, 0.1) is 15.5 Å². The molecule has 0 aliphatic heterocycles. The number of thiazole rings is 1. The van der Waals surface area contributed by atoms with Crippen LogP contribution in [0.15, 0.2) is 64.9 Å². The number of non-ortho nitro benzene ring substituents is 1. The van der Waals surface area contributed by atoms with Crippen LogP contribution >= 0.6 is 11.3 Å². The van der Waals surface area contributed by atoms with Gasteiger partial charge in [-0.15, -0.1) is 16.2 Å². The summed E-state index contributed by atoms with van der Waals surface area (Å²) in [7, 11) is -3.70. The lowest BCUT2D eigenvalue weighted by Gasteiger charge is -2.06. The molecular weight excluding hydrogens is 364 g/mol. The molecule has 1 aromatic heterocycles. The molecule has 0 fully saturated rings. The minimum absolute atomic E-state index is 0.00653. The molecule has 1 heterocycles. The summed E-state index contributed by atoms with van der Waals surface area (Å²) >= 11 is 1.21. The molecule has 0 spiro atoms. The Labute approximate surface area is 147 Å². The van der Waals surface area contributed by atoms with Crippen LogP contribution in [-0.4, -0.2) is 18.3 Å². The van der Waals surface area contributed by atoms with Crippen molar-refractivity contribution >= 4 is 32.2 Å². The van der Waals surface area contributed by atoms with E-state index in [1.165, 1.54) is 35.6 Å². The Morgan fingerprint density at radius 2 is 1.72 bits per heavy atom. The van der Waals surface area contributed by atoms with E-state index in [1.807, 2.05) is 0 Å². The summed E-state index contributed by atoms with van der Waals surface area (Å²) < 4.78 is 24.2. The van der Waals surface area contributed by atoms with Crippen LogP contribution < -0.4 is 10.3 Å². The SMILES string of the molecule is O=[N+]([O-])c1ccc(-c2csc(NNS(=O)(=O)c3ccccc3)n2)cc1. The van der Waals surface area contributed by atoms with Crippen LogP contribution in [-0.2, 0) is 10.0 Å². The van der Waals surface area contributed by atoms with Crippen molar-refractivity contribution in [2.75, 3.05) is 5.43 Å². The standard InChI is InChI=1S/C15H12N4O4S2/c20-19(21)12-8-6-11(7-9-12)14-10-24-15(16-14)17-18-25(22,23)13-4-2-1-3-5-13/h1-10,18H,(H,16,17). The van der Waals surface area contributed by atoms with Crippen molar-refractivity contribution in [1.82, 2.24) is 9.82 Å². The monoisotopic (exact) mass is 376 g/mol. The summed E-state index contributed by atoms with van der Waals surface area (Å²) in [6, 6.07) is 13.9. The average molecular weight is 376 g/mol. The van der Waals surface area contributed by atoms with Gasteiger partial charge in [-0.1, -0.05) is 18.2 Å². The van der Waals surface area contributed by atoms with Crippen molar-refractivity contribution in [3.8, 4) is 11.3 Å². The van der Waals surface area contributed by atoms with E-state index in [0.717, 1.165) is 0 Å². The smallest absolute Gasteiger partial charge is 0.269 e. The number of nitrogens with zero attached hydrogens (tertiary/aromatic N) is 2. The van der Waals surface area contributed by atoms with E-state index >= 15 is 0 Å². The van der Waals surface area contributed by atoms with E-state index in [-0.39, 0.29) is 10.6 Å². The first-order valence-electron chi connectivity index (χ1n) is 6.99. The van der Waals surface area contributed by atoms with Crippen LogP contribution in [0, 0.1) is 10.1 Å². The van der Waals surface area contributed by atoms with Crippen LogP contribution in [0.3, 0.4) is 0 Å². The Hall–Kier alpha value is -2.82. The molecule has 0 bridgehead atoms. The molecule has 0 amide bonds. The molecule has 2 N–H and O–H groups in total. The molecule has 128 valence electrons. The minimum atomic E-state index is -3.70. The Kier molecular flexibility index (Phi) is 4.74. The highest BCUT2D eigenvalue weighted by Gasteiger charge is 2.14. The van der Waals surface area contributed by atoms with Gasteiger partial charge in [-0.3, -0.25) is 15.5 Å². The number of nitro benzene ring substituents is 1.